The van der Waals surface area contributed by atoms with Crippen LogP contribution in [0.5, 0.6) is 0 Å². The van der Waals surface area contributed by atoms with E-state index in [1.165, 1.54) is 12.8 Å². The topological polar surface area (TPSA) is 97.1 Å². The van der Waals surface area contributed by atoms with Gasteiger partial charge in [-0.3, -0.25) is 14.8 Å². The second-order valence-corrected chi connectivity index (χ2v) is 8.91. The molecule has 0 radical (unpaired) electrons. The fraction of sp³-hybridized carbons (Fsp3) is 0.320. The predicted molar refractivity (Wildman–Crippen MR) is 126 cm³/mol. The largest absolute Gasteiger partial charge is 0.368 e. The molecule has 6 rings (SSSR count). The van der Waals surface area contributed by atoms with Crippen molar-refractivity contribution in [2.45, 2.75) is 43.7 Å². The highest BCUT2D eigenvalue weighted by molar-refractivity contribution is 6.03. The zero-order chi connectivity index (χ0) is 22.2. The van der Waals surface area contributed by atoms with E-state index in [1.807, 2.05) is 42.5 Å². The van der Waals surface area contributed by atoms with E-state index in [4.69, 9.17) is 0 Å². The van der Waals surface area contributed by atoms with Gasteiger partial charge in [-0.2, -0.15) is 0 Å². The van der Waals surface area contributed by atoms with Crippen molar-refractivity contribution in [3.05, 3.63) is 72.3 Å². The van der Waals surface area contributed by atoms with Gasteiger partial charge in [-0.15, -0.1) is 10.2 Å². The Labute approximate surface area is 191 Å². The second kappa shape index (κ2) is 8.27. The van der Waals surface area contributed by atoms with E-state index in [0.29, 0.717) is 30.0 Å². The molecule has 166 valence electrons. The highest BCUT2D eigenvalue weighted by Crippen LogP contribution is 2.37. The first kappa shape index (κ1) is 19.8. The van der Waals surface area contributed by atoms with Crippen LogP contribution in [0, 0.1) is 0 Å². The molecular formula is C25H25N7O. The van der Waals surface area contributed by atoms with Gasteiger partial charge >= 0.3 is 0 Å². The molecule has 1 atom stereocenters. The maximum atomic E-state index is 12.9. The average molecular weight is 440 g/mol. The number of aromatic nitrogens is 4. The normalized spacial score (nSPS) is 19.8. The van der Waals surface area contributed by atoms with Gasteiger partial charge in [0, 0.05) is 35.4 Å². The number of nitrogens with one attached hydrogen (secondary N) is 2. The van der Waals surface area contributed by atoms with Crippen LogP contribution in [0.3, 0.4) is 0 Å². The highest BCUT2D eigenvalue weighted by Gasteiger charge is 2.27. The van der Waals surface area contributed by atoms with Crippen molar-refractivity contribution in [1.82, 2.24) is 25.1 Å². The molecule has 8 heteroatoms. The predicted octanol–water partition coefficient (Wildman–Crippen LogP) is 3.73. The van der Waals surface area contributed by atoms with Gasteiger partial charge < -0.3 is 15.2 Å². The molecular weight excluding hydrogens is 414 g/mol. The molecule has 1 aliphatic heterocycles. The minimum atomic E-state index is -0.239. The van der Waals surface area contributed by atoms with Crippen molar-refractivity contribution >= 4 is 17.4 Å². The van der Waals surface area contributed by atoms with Crippen LogP contribution in [0.2, 0.25) is 0 Å². The minimum Gasteiger partial charge on any atom is -0.368 e. The van der Waals surface area contributed by atoms with E-state index < -0.39 is 0 Å². The third kappa shape index (κ3) is 4.41. The Hall–Kier alpha value is -3.81. The van der Waals surface area contributed by atoms with Crippen LogP contribution in [0.4, 0.5) is 5.69 Å². The second-order valence-electron chi connectivity index (χ2n) is 8.91. The Morgan fingerprint density at radius 1 is 1.09 bits per heavy atom. The summed E-state index contributed by atoms with van der Waals surface area (Å²) in [6.07, 6.45) is 12.4. The maximum absolute atomic E-state index is 12.9. The number of rotatable bonds is 6. The quantitative estimate of drug-likeness (QED) is 0.610. The number of carbonyl (C=O) groups excluding carboxylic acids is 1. The number of hydrogen-bond acceptors (Lipinski definition) is 6. The molecule has 3 aromatic rings. The standard InChI is InChI=1S/C25H25N7O/c33-25(30-20-3-1-2-17(12-20)24-31-28-15-32(24)21-7-8-21)22-13-16(10-11-26-22)18-4-9-23(27-14-18)29-19-5-6-19/h1-4,9-13,15,18-19,21H,5-8,14H2,(H,27,29)(H,30,33). The summed E-state index contributed by atoms with van der Waals surface area (Å²) >= 11 is 0. The molecule has 3 aliphatic rings. The summed E-state index contributed by atoms with van der Waals surface area (Å²) < 4.78 is 2.11. The van der Waals surface area contributed by atoms with Crippen molar-refractivity contribution in [1.29, 1.82) is 0 Å². The average Bonchev–Trinajstić information content (AvgIpc) is 3.79. The van der Waals surface area contributed by atoms with Gasteiger partial charge in [-0.1, -0.05) is 18.2 Å². The third-order valence-corrected chi connectivity index (χ3v) is 6.21. The number of amidine groups is 1. The lowest BCUT2D eigenvalue weighted by atomic mass is 9.97. The van der Waals surface area contributed by atoms with Crippen LogP contribution in [0.1, 0.15) is 53.7 Å². The molecule has 1 unspecified atom stereocenters. The fourth-order valence-electron chi connectivity index (χ4n) is 4.07. The lowest BCUT2D eigenvalue weighted by molar-refractivity contribution is 0.102. The Bertz CT molecular complexity index is 1250. The van der Waals surface area contributed by atoms with Crippen molar-refractivity contribution in [3.8, 4) is 11.4 Å². The lowest BCUT2D eigenvalue weighted by Crippen LogP contribution is -2.26. The van der Waals surface area contributed by atoms with E-state index in [0.717, 1.165) is 35.6 Å². The van der Waals surface area contributed by atoms with Crippen molar-refractivity contribution in [2.24, 2.45) is 4.99 Å². The number of nitrogens with zero attached hydrogens (tertiary/aromatic N) is 5. The molecule has 1 amide bonds. The molecule has 3 heterocycles. The Balaban J connectivity index is 1.15. The number of hydrogen-bond donors (Lipinski definition) is 2. The number of aliphatic imine (C=N–C) groups is 1. The van der Waals surface area contributed by atoms with Crippen LogP contribution >= 0.6 is 0 Å². The van der Waals surface area contributed by atoms with Gasteiger partial charge in [-0.05, 0) is 61.6 Å². The molecule has 2 aromatic heterocycles. The summed E-state index contributed by atoms with van der Waals surface area (Å²) in [4.78, 5) is 21.9. The van der Waals surface area contributed by atoms with Crippen LogP contribution < -0.4 is 10.6 Å². The van der Waals surface area contributed by atoms with E-state index in [2.05, 4.69) is 41.5 Å². The summed E-state index contributed by atoms with van der Waals surface area (Å²) in [6.45, 7) is 0.667. The summed E-state index contributed by atoms with van der Waals surface area (Å²) in [5.74, 6) is 1.69. The van der Waals surface area contributed by atoms with Gasteiger partial charge in [-0.25, -0.2) is 0 Å². The zero-order valence-corrected chi connectivity index (χ0v) is 18.2. The maximum Gasteiger partial charge on any atom is 0.274 e. The molecule has 2 fully saturated rings. The van der Waals surface area contributed by atoms with Crippen LogP contribution in [0.25, 0.3) is 11.4 Å². The lowest BCUT2D eigenvalue weighted by Gasteiger charge is -2.17. The molecule has 2 saturated carbocycles. The van der Waals surface area contributed by atoms with Gasteiger partial charge in [0.2, 0.25) is 0 Å². The molecule has 1 aromatic carbocycles. The number of carbonyl (C=O) groups is 1. The Morgan fingerprint density at radius 2 is 2.00 bits per heavy atom. The van der Waals surface area contributed by atoms with E-state index >= 15 is 0 Å². The van der Waals surface area contributed by atoms with Crippen molar-refractivity contribution in [3.63, 3.8) is 0 Å². The molecule has 0 bridgehead atoms. The minimum absolute atomic E-state index is 0.140. The van der Waals surface area contributed by atoms with Crippen LogP contribution in [-0.2, 0) is 0 Å². The number of amides is 1. The first-order valence-electron chi connectivity index (χ1n) is 11.5. The zero-order valence-electron chi connectivity index (χ0n) is 18.2. The third-order valence-electron chi connectivity index (χ3n) is 6.21. The van der Waals surface area contributed by atoms with Gasteiger partial charge in [0.15, 0.2) is 5.82 Å². The molecule has 0 saturated heterocycles. The SMILES string of the molecule is O=C(Nc1cccc(-c2nncn2C2CC2)c1)c1cc(C2C=CC(NC3CC3)=NC2)ccn1. The van der Waals surface area contributed by atoms with Crippen LogP contribution in [-0.4, -0.2) is 44.1 Å². The molecule has 33 heavy (non-hydrogen) atoms. The molecule has 8 nitrogen and oxygen atoms in total. The summed E-state index contributed by atoms with van der Waals surface area (Å²) in [5, 5.41) is 14.8. The van der Waals surface area contributed by atoms with E-state index in [-0.39, 0.29) is 11.8 Å². The highest BCUT2D eigenvalue weighted by atomic mass is 16.1. The number of benzene rings is 1. The first-order valence-corrected chi connectivity index (χ1v) is 11.5. The van der Waals surface area contributed by atoms with Crippen molar-refractivity contribution in [2.75, 3.05) is 11.9 Å². The van der Waals surface area contributed by atoms with Gasteiger partial charge in [0.25, 0.3) is 5.91 Å². The van der Waals surface area contributed by atoms with Gasteiger partial charge in [0.05, 0.1) is 6.54 Å². The Morgan fingerprint density at radius 3 is 2.79 bits per heavy atom. The monoisotopic (exact) mass is 439 g/mol. The first-order chi connectivity index (χ1) is 16.2. The van der Waals surface area contributed by atoms with Crippen molar-refractivity contribution < 1.29 is 4.79 Å². The molecule has 0 spiro atoms. The Kier molecular flexibility index (Phi) is 4.97. The number of dihydropyridines is 1. The molecule has 2 aliphatic carbocycles. The molecule has 2 N–H and O–H groups in total. The van der Waals surface area contributed by atoms with E-state index in [9.17, 15) is 4.79 Å². The number of anilines is 1. The van der Waals surface area contributed by atoms with Gasteiger partial charge in [0.1, 0.15) is 17.9 Å². The number of pyridine rings is 1. The summed E-state index contributed by atoms with van der Waals surface area (Å²) in [6, 6.07) is 12.6. The summed E-state index contributed by atoms with van der Waals surface area (Å²) in [7, 11) is 0. The smallest absolute Gasteiger partial charge is 0.274 e. The fourth-order valence-corrected chi connectivity index (χ4v) is 4.07. The van der Waals surface area contributed by atoms with E-state index in [1.54, 1.807) is 12.5 Å². The van der Waals surface area contributed by atoms with Crippen LogP contribution in [0.15, 0.2) is 66.1 Å². The summed E-state index contributed by atoms with van der Waals surface area (Å²) in [5.41, 5.74) is 3.05.